The van der Waals surface area contributed by atoms with Crippen LogP contribution < -0.4 is 16.3 Å². The van der Waals surface area contributed by atoms with Gasteiger partial charge in [-0.25, -0.2) is 9.59 Å². The molecule has 29 heavy (non-hydrogen) atoms. The first kappa shape index (κ1) is 19.8. The van der Waals surface area contributed by atoms with E-state index in [1.54, 1.807) is 12.3 Å². The van der Waals surface area contributed by atoms with E-state index in [1.165, 1.54) is 4.57 Å². The van der Waals surface area contributed by atoms with Crippen LogP contribution in [0.2, 0.25) is 0 Å². The zero-order chi connectivity index (χ0) is 20.4. The molecule has 1 fully saturated rings. The van der Waals surface area contributed by atoms with Crippen LogP contribution >= 0.6 is 22.6 Å². The van der Waals surface area contributed by atoms with Gasteiger partial charge in [0.2, 0.25) is 0 Å². The fourth-order valence-electron chi connectivity index (χ4n) is 3.47. The fourth-order valence-corrected chi connectivity index (χ4v) is 4.58. The molecule has 1 aliphatic heterocycles. The van der Waals surface area contributed by atoms with E-state index in [9.17, 15) is 9.59 Å². The fraction of sp³-hybridized carbons (Fsp3) is 0.286. The molecule has 2 N–H and O–H groups in total. The summed E-state index contributed by atoms with van der Waals surface area (Å²) in [7, 11) is 0. The number of carbonyl (C=O) groups is 1. The molecule has 8 heteroatoms. The van der Waals surface area contributed by atoms with E-state index in [-0.39, 0.29) is 18.1 Å². The number of carbonyl (C=O) groups excluding carboxylic acids is 1. The average Bonchev–Trinajstić information content (AvgIpc) is 3.08. The maximum absolute atomic E-state index is 12.4. The van der Waals surface area contributed by atoms with Crippen LogP contribution in [-0.4, -0.2) is 25.6 Å². The predicted octanol–water partition coefficient (Wildman–Crippen LogP) is 4.54. The van der Waals surface area contributed by atoms with Gasteiger partial charge in [0.1, 0.15) is 12.0 Å². The van der Waals surface area contributed by atoms with Gasteiger partial charge >= 0.3 is 11.7 Å². The van der Waals surface area contributed by atoms with E-state index >= 15 is 0 Å². The van der Waals surface area contributed by atoms with Gasteiger partial charge in [0.25, 0.3) is 0 Å². The van der Waals surface area contributed by atoms with E-state index < -0.39 is 11.7 Å². The number of nitrogens with one attached hydrogen (secondary N) is 2. The minimum absolute atomic E-state index is 0.137. The Labute approximate surface area is 181 Å². The van der Waals surface area contributed by atoms with Crippen LogP contribution in [0.25, 0.3) is 10.8 Å². The standard InChI is InChI=1S/C21H21IN4O3/c1-2-17-16(22)12-19(29-17)26-10-9-18(25-21(26)28)24-20(27)23-15-8-7-13-5-3-4-6-14(13)11-15/h3-11,16-17,19H,2,12H2,1H3,(H2,23,24,25,27,28)/t16?,17-,19-/m1/s1. The van der Waals surface area contributed by atoms with Gasteiger partial charge in [0.05, 0.1) is 6.10 Å². The third-order valence-electron chi connectivity index (χ3n) is 4.95. The van der Waals surface area contributed by atoms with Crippen molar-refractivity contribution in [1.82, 2.24) is 9.55 Å². The summed E-state index contributed by atoms with van der Waals surface area (Å²) in [6.07, 6.45) is 3.10. The Morgan fingerprint density at radius 2 is 2.00 bits per heavy atom. The van der Waals surface area contributed by atoms with Crippen molar-refractivity contribution >= 4 is 50.9 Å². The van der Waals surface area contributed by atoms with Crippen LogP contribution in [0.3, 0.4) is 0 Å². The summed E-state index contributed by atoms with van der Waals surface area (Å²) >= 11 is 2.36. The minimum atomic E-state index is -0.458. The lowest BCUT2D eigenvalue weighted by atomic mass is 10.1. The van der Waals surface area contributed by atoms with Gasteiger partial charge in [0.15, 0.2) is 0 Å². The van der Waals surface area contributed by atoms with Gasteiger partial charge in [-0.2, -0.15) is 4.98 Å². The number of rotatable bonds is 4. The lowest BCUT2D eigenvalue weighted by Gasteiger charge is -2.15. The molecular weight excluding hydrogens is 483 g/mol. The second-order valence-electron chi connectivity index (χ2n) is 6.93. The molecule has 0 spiro atoms. The summed E-state index contributed by atoms with van der Waals surface area (Å²) < 4.78 is 7.78. The molecule has 1 aromatic heterocycles. The lowest BCUT2D eigenvalue weighted by molar-refractivity contribution is -0.000694. The Bertz CT molecular complexity index is 1100. The lowest BCUT2D eigenvalue weighted by Crippen LogP contribution is -2.29. The molecule has 1 unspecified atom stereocenters. The minimum Gasteiger partial charge on any atom is -0.354 e. The Hall–Kier alpha value is -2.46. The molecular formula is C21H21IN4O3. The molecule has 3 atom stereocenters. The van der Waals surface area contributed by atoms with Crippen LogP contribution in [0.15, 0.2) is 59.5 Å². The quantitative estimate of drug-likeness (QED) is 0.404. The summed E-state index contributed by atoms with van der Waals surface area (Å²) in [4.78, 5) is 28.7. The van der Waals surface area contributed by atoms with Crippen LogP contribution in [0.4, 0.5) is 16.3 Å². The smallest absolute Gasteiger partial charge is 0.351 e. The molecule has 0 saturated carbocycles. The molecule has 0 bridgehead atoms. The number of aromatic nitrogens is 2. The van der Waals surface area contributed by atoms with Crippen LogP contribution in [-0.2, 0) is 4.74 Å². The van der Waals surface area contributed by atoms with Crippen molar-refractivity contribution in [2.45, 2.75) is 36.0 Å². The van der Waals surface area contributed by atoms with Crippen molar-refractivity contribution in [3.05, 3.63) is 65.2 Å². The van der Waals surface area contributed by atoms with Crippen molar-refractivity contribution < 1.29 is 9.53 Å². The Morgan fingerprint density at radius 1 is 1.21 bits per heavy atom. The SMILES string of the molecule is CC[C@H]1O[C@@H](n2ccc(NC(=O)Nc3ccc4ccccc4c3)nc2=O)CC1I. The maximum atomic E-state index is 12.4. The van der Waals surface area contributed by atoms with Crippen LogP contribution in [0, 0.1) is 0 Å². The zero-order valence-electron chi connectivity index (χ0n) is 15.8. The summed E-state index contributed by atoms with van der Waals surface area (Å²) in [5, 5.41) is 7.50. The monoisotopic (exact) mass is 504 g/mol. The molecule has 0 radical (unpaired) electrons. The third kappa shape index (κ3) is 4.43. The molecule has 7 nitrogen and oxygen atoms in total. The molecule has 3 aromatic rings. The van der Waals surface area contributed by atoms with Gasteiger partial charge in [-0.1, -0.05) is 59.8 Å². The van der Waals surface area contributed by atoms with Gasteiger partial charge < -0.3 is 10.1 Å². The molecule has 2 heterocycles. The molecule has 4 rings (SSSR count). The Morgan fingerprint density at radius 3 is 2.72 bits per heavy atom. The summed E-state index contributed by atoms with van der Waals surface area (Å²) in [5.41, 5.74) is 0.214. The molecule has 0 aliphatic carbocycles. The number of amides is 2. The average molecular weight is 504 g/mol. The number of benzene rings is 2. The highest BCUT2D eigenvalue weighted by Crippen LogP contribution is 2.34. The van der Waals surface area contributed by atoms with Gasteiger partial charge in [-0.05, 0) is 35.4 Å². The van der Waals surface area contributed by atoms with Crippen molar-refractivity contribution in [2.24, 2.45) is 0 Å². The summed E-state index contributed by atoms with van der Waals surface area (Å²) in [6, 6.07) is 14.7. The van der Waals surface area contributed by atoms with Crippen LogP contribution in [0.1, 0.15) is 26.0 Å². The predicted molar refractivity (Wildman–Crippen MR) is 122 cm³/mol. The first-order valence-electron chi connectivity index (χ1n) is 9.49. The first-order valence-corrected chi connectivity index (χ1v) is 10.7. The highest BCUT2D eigenvalue weighted by molar-refractivity contribution is 14.1. The van der Waals surface area contributed by atoms with Crippen molar-refractivity contribution in [1.29, 1.82) is 0 Å². The van der Waals surface area contributed by atoms with E-state index in [4.69, 9.17) is 4.74 Å². The third-order valence-corrected chi connectivity index (χ3v) is 6.26. The van der Waals surface area contributed by atoms with Crippen molar-refractivity contribution in [3.63, 3.8) is 0 Å². The van der Waals surface area contributed by atoms with Gasteiger partial charge in [-0.3, -0.25) is 9.88 Å². The van der Waals surface area contributed by atoms with E-state index in [0.717, 1.165) is 23.6 Å². The van der Waals surface area contributed by atoms with Crippen molar-refractivity contribution in [2.75, 3.05) is 10.6 Å². The van der Waals surface area contributed by atoms with Gasteiger partial charge in [0, 0.05) is 22.2 Å². The highest BCUT2D eigenvalue weighted by atomic mass is 127. The Balaban J connectivity index is 1.43. The molecule has 2 amide bonds. The number of ether oxygens (including phenoxy) is 1. The normalized spacial score (nSPS) is 21.2. The first-order chi connectivity index (χ1) is 14.0. The summed E-state index contributed by atoms with van der Waals surface area (Å²) in [6.45, 7) is 2.07. The maximum Gasteiger partial charge on any atom is 0.351 e. The number of halogens is 1. The van der Waals surface area contributed by atoms with Gasteiger partial charge in [-0.15, -0.1) is 0 Å². The van der Waals surface area contributed by atoms with E-state index in [0.29, 0.717) is 9.61 Å². The van der Waals surface area contributed by atoms with E-state index in [1.807, 2.05) is 42.5 Å². The topological polar surface area (TPSA) is 85.2 Å². The number of nitrogens with zero attached hydrogens (tertiary/aromatic N) is 2. The number of fused-ring (bicyclic) bond motifs is 1. The number of hydrogen-bond donors (Lipinski definition) is 2. The Kier molecular flexibility index (Phi) is 5.81. The molecule has 1 aliphatic rings. The van der Waals surface area contributed by atoms with E-state index in [2.05, 4.69) is 45.1 Å². The second kappa shape index (κ2) is 8.50. The zero-order valence-corrected chi connectivity index (χ0v) is 18.0. The summed E-state index contributed by atoms with van der Waals surface area (Å²) in [5.74, 6) is 0.195. The number of urea groups is 1. The van der Waals surface area contributed by atoms with Crippen molar-refractivity contribution in [3.8, 4) is 0 Å². The number of hydrogen-bond acceptors (Lipinski definition) is 4. The second-order valence-corrected chi connectivity index (χ2v) is 8.53. The highest BCUT2D eigenvalue weighted by Gasteiger charge is 2.33. The molecule has 1 saturated heterocycles. The molecule has 2 aromatic carbocycles. The number of anilines is 2. The largest absolute Gasteiger partial charge is 0.354 e. The molecule has 150 valence electrons. The number of alkyl halides is 1. The van der Waals surface area contributed by atoms with Crippen LogP contribution in [0.5, 0.6) is 0 Å².